The average Bonchev–Trinajstić information content (AvgIpc) is 3.06. The number of methoxy groups -OCH3 is 1. The Morgan fingerprint density at radius 3 is 2.56 bits per heavy atom. The van der Waals surface area contributed by atoms with Crippen molar-refractivity contribution in [1.82, 2.24) is 19.9 Å². The Morgan fingerprint density at radius 1 is 1.09 bits per heavy atom. The van der Waals surface area contributed by atoms with Gasteiger partial charge in [0.2, 0.25) is 0 Å². The van der Waals surface area contributed by atoms with E-state index in [2.05, 4.69) is 19.9 Å². The predicted molar refractivity (Wildman–Crippen MR) is 123 cm³/mol. The highest BCUT2D eigenvalue weighted by atomic mass is 19.1. The number of nitrogens with zero attached hydrogens (tertiary/aromatic N) is 6. The van der Waals surface area contributed by atoms with Crippen LogP contribution in [0.5, 0.6) is 11.8 Å². The molecule has 5 rings (SSSR count). The van der Waals surface area contributed by atoms with Gasteiger partial charge in [-0.05, 0) is 26.1 Å². The van der Waals surface area contributed by atoms with Crippen LogP contribution in [0, 0.1) is 18.6 Å². The highest BCUT2D eigenvalue weighted by Gasteiger charge is 2.39. The number of anilines is 2. The summed E-state index contributed by atoms with van der Waals surface area (Å²) in [6.45, 7) is 3.69. The van der Waals surface area contributed by atoms with Crippen molar-refractivity contribution >= 4 is 11.5 Å². The lowest BCUT2D eigenvalue weighted by molar-refractivity contribution is 0.0386. The third-order valence-electron chi connectivity index (χ3n) is 6.21. The Bertz CT molecular complexity index is 1220. The molecule has 2 aromatic heterocycles. The van der Waals surface area contributed by atoms with Crippen molar-refractivity contribution in [2.75, 3.05) is 44.1 Å². The van der Waals surface area contributed by atoms with E-state index in [1.807, 2.05) is 30.8 Å². The number of likely N-dealkylation sites (tertiary alicyclic amines) is 1. The predicted octanol–water partition coefficient (Wildman–Crippen LogP) is 3.31. The van der Waals surface area contributed by atoms with Crippen molar-refractivity contribution < 1.29 is 18.3 Å². The molecule has 2 aliphatic heterocycles. The van der Waals surface area contributed by atoms with E-state index in [9.17, 15) is 4.39 Å². The Balaban J connectivity index is 1.50. The molecule has 0 N–H and O–H groups in total. The SMILES string of the molecule is COc1nc(C)c2c(n1)N(Cc1ccc(OC3CN(C)C3)cc1F)C(c1cncc(F)c1)N2C. The van der Waals surface area contributed by atoms with Crippen LogP contribution in [0.25, 0.3) is 0 Å². The largest absolute Gasteiger partial charge is 0.488 e. The van der Waals surface area contributed by atoms with Crippen molar-refractivity contribution in [1.29, 1.82) is 0 Å². The fourth-order valence-electron chi connectivity index (χ4n) is 4.63. The number of pyridine rings is 1. The van der Waals surface area contributed by atoms with Gasteiger partial charge in [-0.25, -0.2) is 8.78 Å². The summed E-state index contributed by atoms with van der Waals surface area (Å²) in [5, 5.41) is 0. The minimum absolute atomic E-state index is 0.0753. The van der Waals surface area contributed by atoms with Crippen LogP contribution in [0.2, 0.25) is 0 Å². The third kappa shape index (κ3) is 3.98. The highest BCUT2D eigenvalue weighted by molar-refractivity contribution is 5.76. The number of aromatic nitrogens is 3. The number of ether oxygens (including phenoxy) is 2. The second-order valence-electron chi connectivity index (χ2n) is 8.73. The lowest BCUT2D eigenvalue weighted by Crippen LogP contribution is -2.51. The minimum Gasteiger partial charge on any atom is -0.488 e. The smallest absolute Gasteiger partial charge is 0.318 e. The minimum atomic E-state index is -0.459. The summed E-state index contributed by atoms with van der Waals surface area (Å²) < 4.78 is 40.4. The lowest BCUT2D eigenvalue weighted by Gasteiger charge is -2.36. The summed E-state index contributed by atoms with van der Waals surface area (Å²) >= 11 is 0. The maximum atomic E-state index is 15.2. The molecule has 8 nitrogen and oxygen atoms in total. The normalized spacial score (nSPS) is 18.1. The fourth-order valence-corrected chi connectivity index (χ4v) is 4.63. The maximum absolute atomic E-state index is 15.2. The van der Waals surface area contributed by atoms with Gasteiger partial charge in [0.15, 0.2) is 5.82 Å². The molecule has 178 valence electrons. The molecule has 0 saturated carbocycles. The molecular weight excluding hydrogens is 442 g/mol. The molecule has 0 spiro atoms. The van der Waals surface area contributed by atoms with Gasteiger partial charge in [0.1, 0.15) is 35.3 Å². The first-order chi connectivity index (χ1) is 16.3. The lowest BCUT2D eigenvalue weighted by atomic mass is 10.1. The van der Waals surface area contributed by atoms with Crippen LogP contribution in [-0.4, -0.2) is 60.3 Å². The van der Waals surface area contributed by atoms with E-state index in [1.54, 1.807) is 18.3 Å². The molecule has 1 aromatic carbocycles. The van der Waals surface area contributed by atoms with Crippen molar-refractivity contribution in [2.24, 2.45) is 0 Å². The van der Waals surface area contributed by atoms with Crippen molar-refractivity contribution in [2.45, 2.75) is 25.7 Å². The van der Waals surface area contributed by atoms with Gasteiger partial charge in [-0.3, -0.25) is 9.88 Å². The number of benzene rings is 1. The molecule has 2 aliphatic rings. The molecule has 1 unspecified atom stereocenters. The second kappa shape index (κ2) is 8.68. The van der Waals surface area contributed by atoms with E-state index in [-0.39, 0.29) is 24.5 Å². The first-order valence-corrected chi connectivity index (χ1v) is 11.0. The van der Waals surface area contributed by atoms with Gasteiger partial charge in [0.05, 0.1) is 19.0 Å². The molecule has 1 fully saturated rings. The molecule has 0 amide bonds. The van der Waals surface area contributed by atoms with E-state index in [4.69, 9.17) is 9.47 Å². The van der Waals surface area contributed by atoms with Gasteiger partial charge in [-0.15, -0.1) is 0 Å². The van der Waals surface area contributed by atoms with Gasteiger partial charge in [-0.1, -0.05) is 6.07 Å². The Kier molecular flexibility index (Phi) is 5.68. The van der Waals surface area contributed by atoms with Gasteiger partial charge in [0.25, 0.3) is 0 Å². The molecule has 0 bridgehead atoms. The van der Waals surface area contributed by atoms with E-state index in [1.165, 1.54) is 19.2 Å². The number of likely N-dealkylation sites (N-methyl/N-ethyl adjacent to an activating group) is 1. The van der Waals surface area contributed by atoms with Gasteiger partial charge in [0, 0.05) is 50.1 Å². The molecule has 3 aromatic rings. The molecule has 1 saturated heterocycles. The summed E-state index contributed by atoms with van der Waals surface area (Å²) in [6, 6.07) is 6.55. The van der Waals surface area contributed by atoms with E-state index >= 15 is 4.39 Å². The van der Waals surface area contributed by atoms with Crippen LogP contribution in [0.1, 0.15) is 23.0 Å². The summed E-state index contributed by atoms with van der Waals surface area (Å²) in [5.74, 6) is 0.258. The maximum Gasteiger partial charge on any atom is 0.318 e. The van der Waals surface area contributed by atoms with Crippen LogP contribution in [0.4, 0.5) is 20.3 Å². The van der Waals surface area contributed by atoms with Gasteiger partial charge < -0.3 is 19.3 Å². The Hall–Kier alpha value is -3.53. The van der Waals surface area contributed by atoms with Crippen LogP contribution >= 0.6 is 0 Å². The van der Waals surface area contributed by atoms with Crippen molar-refractivity contribution in [3.8, 4) is 11.8 Å². The van der Waals surface area contributed by atoms with Crippen molar-refractivity contribution in [3.63, 3.8) is 0 Å². The molecule has 34 heavy (non-hydrogen) atoms. The van der Waals surface area contributed by atoms with E-state index in [0.29, 0.717) is 28.4 Å². The average molecular weight is 469 g/mol. The van der Waals surface area contributed by atoms with Crippen LogP contribution in [0.15, 0.2) is 36.7 Å². The molecule has 10 heteroatoms. The number of hydrogen-bond acceptors (Lipinski definition) is 8. The van der Waals surface area contributed by atoms with E-state index in [0.717, 1.165) is 25.0 Å². The van der Waals surface area contributed by atoms with Gasteiger partial charge >= 0.3 is 6.01 Å². The molecule has 0 radical (unpaired) electrons. The number of fused-ring (bicyclic) bond motifs is 1. The zero-order valence-corrected chi connectivity index (χ0v) is 19.5. The molecule has 4 heterocycles. The number of hydrogen-bond donors (Lipinski definition) is 0. The molecule has 1 atom stereocenters. The number of aryl methyl sites for hydroxylation is 1. The Labute approximate surface area is 196 Å². The van der Waals surface area contributed by atoms with Crippen molar-refractivity contribution in [3.05, 3.63) is 65.1 Å². The topological polar surface area (TPSA) is 66.9 Å². The second-order valence-corrected chi connectivity index (χ2v) is 8.73. The third-order valence-corrected chi connectivity index (χ3v) is 6.21. The quantitative estimate of drug-likeness (QED) is 0.546. The number of rotatable bonds is 6. The first-order valence-electron chi connectivity index (χ1n) is 11.0. The standard InChI is InChI=1S/C24H26F2N6O2/c1-14-21-22(29-24(28-14)33-4)32(23(31(21)3)16-7-17(25)10-27-9-16)11-15-5-6-18(8-20(15)26)34-19-12-30(2)13-19/h5-10,19,23H,11-13H2,1-4H3. The zero-order valence-electron chi connectivity index (χ0n) is 19.5. The summed E-state index contributed by atoms with van der Waals surface area (Å²) in [5.41, 5.74) is 2.55. The molecule has 0 aliphatic carbocycles. The first kappa shape index (κ1) is 22.3. The molecular formula is C24H26F2N6O2. The van der Waals surface area contributed by atoms with Crippen LogP contribution in [-0.2, 0) is 6.54 Å². The van der Waals surface area contributed by atoms with Crippen LogP contribution < -0.4 is 19.3 Å². The van der Waals surface area contributed by atoms with Gasteiger partial charge in [-0.2, -0.15) is 9.97 Å². The number of halogens is 2. The highest BCUT2D eigenvalue weighted by Crippen LogP contribution is 2.47. The summed E-state index contributed by atoms with van der Waals surface area (Å²) in [4.78, 5) is 19.0. The summed E-state index contributed by atoms with van der Waals surface area (Å²) in [6.07, 6.45) is 2.37. The Morgan fingerprint density at radius 2 is 1.88 bits per heavy atom. The summed E-state index contributed by atoms with van der Waals surface area (Å²) in [7, 11) is 5.38. The zero-order chi connectivity index (χ0) is 24.0. The fraction of sp³-hybridized carbons (Fsp3) is 0.375. The van der Waals surface area contributed by atoms with E-state index < -0.39 is 12.0 Å². The monoisotopic (exact) mass is 468 g/mol. The van der Waals surface area contributed by atoms with Crippen LogP contribution in [0.3, 0.4) is 0 Å².